The number of carbonyl (C=O) groups excluding carboxylic acids is 1. The van der Waals surface area contributed by atoms with Crippen LogP contribution in [0, 0.1) is 11.3 Å². The standard InChI is InChI=1S/C18H22F6N4O2/c1-16(2,3)12(8-4-6-9(7-5-8)17(19,20)21)28-13-10(11(27-28)18(22,23)24)14(29)26-15(30)25-13/h4-7,10-13,15,25,27,30H,1-3H3,(H,26,29). The quantitative estimate of drug-likeness (QED) is 0.532. The molecule has 2 saturated heterocycles. The molecule has 168 valence electrons. The van der Waals surface area contributed by atoms with Crippen LogP contribution in [0.3, 0.4) is 0 Å². The van der Waals surface area contributed by atoms with Crippen molar-refractivity contribution >= 4 is 5.91 Å². The molecule has 0 spiro atoms. The molecule has 0 aliphatic carbocycles. The first-order valence-corrected chi connectivity index (χ1v) is 9.13. The van der Waals surface area contributed by atoms with Crippen molar-refractivity contribution in [1.29, 1.82) is 0 Å². The summed E-state index contributed by atoms with van der Waals surface area (Å²) in [7, 11) is 0. The number of carbonyl (C=O) groups is 1. The molecule has 1 amide bonds. The highest BCUT2D eigenvalue weighted by Gasteiger charge is 2.61. The molecular weight excluding hydrogens is 418 g/mol. The fourth-order valence-electron chi connectivity index (χ4n) is 4.03. The van der Waals surface area contributed by atoms with E-state index in [4.69, 9.17) is 0 Å². The van der Waals surface area contributed by atoms with Gasteiger partial charge in [-0.05, 0) is 23.1 Å². The maximum atomic E-state index is 13.6. The van der Waals surface area contributed by atoms with Crippen LogP contribution in [0.1, 0.15) is 37.9 Å². The lowest BCUT2D eigenvalue weighted by Crippen LogP contribution is -2.65. The Morgan fingerprint density at radius 1 is 1.03 bits per heavy atom. The van der Waals surface area contributed by atoms with E-state index in [1.807, 2.05) is 5.32 Å². The predicted molar refractivity (Wildman–Crippen MR) is 93.0 cm³/mol. The summed E-state index contributed by atoms with van der Waals surface area (Å²) in [6.07, 6.45) is -12.1. The number of hydrazine groups is 1. The molecule has 2 aliphatic heterocycles. The number of benzene rings is 1. The zero-order valence-corrected chi connectivity index (χ0v) is 16.3. The minimum absolute atomic E-state index is 0.326. The van der Waals surface area contributed by atoms with Crippen molar-refractivity contribution in [3.8, 4) is 0 Å². The lowest BCUT2D eigenvalue weighted by atomic mass is 9.81. The highest BCUT2D eigenvalue weighted by Crippen LogP contribution is 2.45. The summed E-state index contributed by atoms with van der Waals surface area (Å²) in [5.74, 6) is -2.59. The second-order valence-electron chi connectivity index (χ2n) is 8.49. The van der Waals surface area contributed by atoms with Gasteiger partial charge in [0.15, 0.2) is 6.35 Å². The fraction of sp³-hybridized carbons (Fsp3) is 0.611. The van der Waals surface area contributed by atoms with E-state index in [0.717, 1.165) is 12.1 Å². The first-order valence-electron chi connectivity index (χ1n) is 9.13. The molecule has 0 saturated carbocycles. The van der Waals surface area contributed by atoms with E-state index in [1.54, 1.807) is 20.8 Å². The lowest BCUT2D eigenvalue weighted by molar-refractivity contribution is -0.172. The van der Waals surface area contributed by atoms with Crippen LogP contribution in [0.15, 0.2) is 24.3 Å². The van der Waals surface area contributed by atoms with Gasteiger partial charge in [0.1, 0.15) is 6.04 Å². The molecule has 0 aromatic heterocycles. The highest BCUT2D eigenvalue weighted by molar-refractivity contribution is 5.81. The normalized spacial score (nSPS) is 29.5. The van der Waals surface area contributed by atoms with Crippen molar-refractivity contribution in [2.24, 2.45) is 11.3 Å². The summed E-state index contributed by atoms with van der Waals surface area (Å²) in [5, 5.41) is 15.5. The van der Waals surface area contributed by atoms with E-state index in [-0.39, 0.29) is 0 Å². The molecule has 1 aromatic rings. The predicted octanol–water partition coefficient (Wildman–Crippen LogP) is 2.48. The molecular formula is C18H22F6N4O2. The monoisotopic (exact) mass is 440 g/mol. The van der Waals surface area contributed by atoms with Gasteiger partial charge in [0.2, 0.25) is 5.91 Å². The number of amides is 1. The Hall–Kier alpha value is -1.89. The fourth-order valence-corrected chi connectivity index (χ4v) is 4.03. The number of hydrogen-bond donors (Lipinski definition) is 4. The molecule has 30 heavy (non-hydrogen) atoms. The SMILES string of the molecule is CC(C)(C)C(c1ccc(C(F)(F)F)cc1)N1NC(C(F)(F)F)C2C(=O)NC(O)NC21. The summed E-state index contributed by atoms with van der Waals surface area (Å²) in [4.78, 5) is 12.2. The Bertz CT molecular complexity index is 790. The van der Waals surface area contributed by atoms with E-state index in [0.29, 0.717) is 5.56 Å². The third kappa shape index (κ3) is 4.27. The van der Waals surface area contributed by atoms with Gasteiger partial charge in [-0.2, -0.15) is 26.3 Å². The van der Waals surface area contributed by atoms with E-state index in [1.165, 1.54) is 17.1 Å². The average molecular weight is 440 g/mol. The van der Waals surface area contributed by atoms with Gasteiger partial charge in [-0.15, -0.1) is 0 Å². The molecule has 4 N–H and O–H groups in total. The molecule has 0 bridgehead atoms. The van der Waals surface area contributed by atoms with Gasteiger partial charge in [-0.25, -0.2) is 10.4 Å². The summed E-state index contributed by atoms with van der Waals surface area (Å²) < 4.78 is 79.7. The molecule has 0 radical (unpaired) electrons. The smallest absolute Gasteiger partial charge is 0.361 e. The molecule has 12 heteroatoms. The molecule has 2 fully saturated rings. The zero-order chi connectivity index (χ0) is 22.6. The number of hydrogen-bond acceptors (Lipinski definition) is 5. The van der Waals surface area contributed by atoms with Crippen molar-refractivity contribution in [2.75, 3.05) is 0 Å². The number of nitrogens with one attached hydrogen (secondary N) is 3. The summed E-state index contributed by atoms with van der Waals surface area (Å²) in [6.45, 7) is 5.14. The first kappa shape index (κ1) is 22.8. The number of halogens is 6. The van der Waals surface area contributed by atoms with E-state index in [2.05, 4.69) is 10.7 Å². The third-order valence-electron chi connectivity index (χ3n) is 5.20. The molecule has 2 heterocycles. The van der Waals surface area contributed by atoms with Crippen LogP contribution < -0.4 is 16.1 Å². The largest absolute Gasteiger partial charge is 0.416 e. The Labute approximate surface area is 168 Å². The van der Waals surface area contributed by atoms with Gasteiger partial charge in [-0.1, -0.05) is 32.9 Å². The minimum Gasteiger partial charge on any atom is -0.361 e. The van der Waals surface area contributed by atoms with Crippen LogP contribution in [-0.4, -0.2) is 40.8 Å². The van der Waals surface area contributed by atoms with Crippen LogP contribution >= 0.6 is 0 Å². The molecule has 2 aliphatic rings. The van der Waals surface area contributed by atoms with Gasteiger partial charge in [0, 0.05) is 0 Å². The maximum Gasteiger partial charge on any atom is 0.416 e. The summed E-state index contributed by atoms with van der Waals surface area (Å²) in [5.41, 5.74) is 1.02. The number of aliphatic hydroxyl groups is 1. The van der Waals surface area contributed by atoms with Gasteiger partial charge < -0.3 is 10.4 Å². The zero-order valence-electron chi connectivity index (χ0n) is 16.3. The maximum absolute atomic E-state index is 13.6. The Balaban J connectivity index is 2.04. The van der Waals surface area contributed by atoms with E-state index >= 15 is 0 Å². The third-order valence-corrected chi connectivity index (χ3v) is 5.20. The van der Waals surface area contributed by atoms with Crippen LogP contribution in [-0.2, 0) is 11.0 Å². The highest BCUT2D eigenvalue weighted by atomic mass is 19.4. The summed E-state index contributed by atoms with van der Waals surface area (Å²) in [6, 6.07) is 1.04. The van der Waals surface area contributed by atoms with Crippen LogP contribution in [0.2, 0.25) is 0 Å². The number of rotatable bonds is 2. The van der Waals surface area contributed by atoms with Gasteiger partial charge in [0.25, 0.3) is 0 Å². The molecule has 3 rings (SSSR count). The Kier molecular flexibility index (Phi) is 5.59. The van der Waals surface area contributed by atoms with E-state index in [9.17, 15) is 36.2 Å². The van der Waals surface area contributed by atoms with Crippen molar-refractivity contribution in [3.05, 3.63) is 35.4 Å². The van der Waals surface area contributed by atoms with Crippen LogP contribution in [0.25, 0.3) is 0 Å². The molecule has 6 nitrogen and oxygen atoms in total. The topological polar surface area (TPSA) is 76.6 Å². The average Bonchev–Trinajstić information content (AvgIpc) is 2.93. The summed E-state index contributed by atoms with van der Waals surface area (Å²) >= 11 is 0. The second-order valence-corrected chi connectivity index (χ2v) is 8.49. The number of fused-ring (bicyclic) bond motifs is 1. The van der Waals surface area contributed by atoms with Gasteiger partial charge in [-0.3, -0.25) is 10.1 Å². The molecule has 5 unspecified atom stereocenters. The number of nitrogens with zero attached hydrogens (tertiary/aromatic N) is 1. The van der Waals surface area contributed by atoms with Crippen molar-refractivity contribution < 1.29 is 36.2 Å². The van der Waals surface area contributed by atoms with Crippen molar-refractivity contribution in [3.63, 3.8) is 0 Å². The first-order chi connectivity index (χ1) is 13.6. The van der Waals surface area contributed by atoms with Crippen molar-refractivity contribution in [2.45, 2.75) is 57.7 Å². The number of aliphatic hydroxyl groups excluding tert-OH is 1. The molecule has 1 aromatic carbocycles. The second kappa shape index (κ2) is 7.36. The van der Waals surface area contributed by atoms with Crippen LogP contribution in [0.5, 0.6) is 0 Å². The number of alkyl halides is 6. The van der Waals surface area contributed by atoms with E-state index < -0.39 is 59.8 Å². The lowest BCUT2D eigenvalue weighted by Gasteiger charge is -2.43. The van der Waals surface area contributed by atoms with Gasteiger partial charge >= 0.3 is 12.4 Å². The Morgan fingerprint density at radius 2 is 1.60 bits per heavy atom. The minimum atomic E-state index is -4.78. The van der Waals surface area contributed by atoms with Gasteiger partial charge in [0.05, 0.1) is 23.7 Å². The van der Waals surface area contributed by atoms with Crippen LogP contribution in [0.4, 0.5) is 26.3 Å². The van der Waals surface area contributed by atoms with Crippen molar-refractivity contribution in [1.82, 2.24) is 21.1 Å². The Morgan fingerprint density at radius 3 is 2.07 bits per heavy atom. The molecule has 5 atom stereocenters.